The van der Waals surface area contributed by atoms with Crippen molar-refractivity contribution in [1.82, 2.24) is 24.9 Å². The summed E-state index contributed by atoms with van der Waals surface area (Å²) in [5.41, 5.74) is 0.336. The molecule has 1 aliphatic heterocycles. The molecule has 0 bridgehead atoms. The molecule has 126 valence electrons. The van der Waals surface area contributed by atoms with Crippen LogP contribution in [0, 0.1) is 0 Å². The number of amides is 2. The summed E-state index contributed by atoms with van der Waals surface area (Å²) < 4.78 is 0. The molecule has 8 nitrogen and oxygen atoms in total. The highest BCUT2D eigenvalue weighted by atomic mass is 16.2. The van der Waals surface area contributed by atoms with Crippen molar-refractivity contribution in [3.8, 4) is 0 Å². The van der Waals surface area contributed by atoms with Crippen LogP contribution in [0.5, 0.6) is 0 Å². The van der Waals surface area contributed by atoms with E-state index in [9.17, 15) is 9.59 Å². The van der Waals surface area contributed by atoms with Gasteiger partial charge in [0.1, 0.15) is 5.82 Å². The molecule has 2 amide bonds. The standard InChI is InChI=1S/C15H24N6O2/c1-19(2)7-3-6-16-14-5-4-13(17-18-14)15(23)21-10-8-20(12-22)9-11-21/h4-5,12H,3,6-11H2,1-2H3,(H,16,18). The zero-order valence-electron chi connectivity index (χ0n) is 13.7. The third-order valence-electron chi connectivity index (χ3n) is 3.72. The van der Waals surface area contributed by atoms with Gasteiger partial charge in [-0.15, -0.1) is 10.2 Å². The Kier molecular flexibility index (Phi) is 6.28. The number of aromatic nitrogens is 2. The largest absolute Gasteiger partial charge is 0.369 e. The van der Waals surface area contributed by atoms with Crippen molar-refractivity contribution in [3.63, 3.8) is 0 Å². The molecule has 0 aromatic carbocycles. The fraction of sp³-hybridized carbons (Fsp3) is 0.600. The van der Waals surface area contributed by atoms with Crippen molar-refractivity contribution in [1.29, 1.82) is 0 Å². The van der Waals surface area contributed by atoms with Gasteiger partial charge in [-0.3, -0.25) is 9.59 Å². The van der Waals surface area contributed by atoms with Crippen LogP contribution >= 0.6 is 0 Å². The van der Waals surface area contributed by atoms with Crippen molar-refractivity contribution in [3.05, 3.63) is 17.8 Å². The molecule has 1 aliphatic rings. The van der Waals surface area contributed by atoms with Gasteiger partial charge in [-0.1, -0.05) is 0 Å². The van der Waals surface area contributed by atoms with Crippen molar-refractivity contribution in [2.24, 2.45) is 0 Å². The molecule has 23 heavy (non-hydrogen) atoms. The second-order valence-electron chi connectivity index (χ2n) is 5.82. The SMILES string of the molecule is CN(C)CCCNc1ccc(C(=O)N2CCN(C=O)CC2)nn1. The summed E-state index contributed by atoms with van der Waals surface area (Å²) in [6.07, 6.45) is 1.83. The summed E-state index contributed by atoms with van der Waals surface area (Å²) in [7, 11) is 4.07. The van der Waals surface area contributed by atoms with E-state index < -0.39 is 0 Å². The number of piperazine rings is 1. The summed E-state index contributed by atoms with van der Waals surface area (Å²) in [5, 5.41) is 11.3. The summed E-state index contributed by atoms with van der Waals surface area (Å²) in [6, 6.07) is 3.47. The van der Waals surface area contributed by atoms with Crippen LogP contribution in [0.1, 0.15) is 16.9 Å². The van der Waals surface area contributed by atoms with E-state index in [1.165, 1.54) is 0 Å². The third-order valence-corrected chi connectivity index (χ3v) is 3.72. The Morgan fingerprint density at radius 3 is 2.57 bits per heavy atom. The second-order valence-corrected chi connectivity index (χ2v) is 5.82. The molecule has 1 saturated heterocycles. The van der Waals surface area contributed by atoms with Crippen LogP contribution in [-0.2, 0) is 4.79 Å². The predicted octanol–water partition coefficient (Wildman–Crippen LogP) is -0.246. The normalized spacial score (nSPS) is 14.9. The summed E-state index contributed by atoms with van der Waals surface area (Å²) in [4.78, 5) is 28.5. The maximum atomic E-state index is 12.3. The molecule has 0 spiro atoms. The molecule has 2 heterocycles. The molecule has 1 aromatic rings. The molecule has 1 fully saturated rings. The van der Waals surface area contributed by atoms with Gasteiger partial charge in [-0.25, -0.2) is 0 Å². The van der Waals surface area contributed by atoms with Crippen molar-refractivity contribution < 1.29 is 9.59 Å². The molecule has 0 saturated carbocycles. The van der Waals surface area contributed by atoms with Crippen molar-refractivity contribution in [2.75, 3.05) is 58.7 Å². The van der Waals surface area contributed by atoms with Crippen molar-refractivity contribution in [2.45, 2.75) is 6.42 Å². The smallest absolute Gasteiger partial charge is 0.274 e. The van der Waals surface area contributed by atoms with Gasteiger partial charge >= 0.3 is 0 Å². The number of anilines is 1. The van der Waals surface area contributed by atoms with Crippen LogP contribution in [0.3, 0.4) is 0 Å². The Morgan fingerprint density at radius 1 is 1.26 bits per heavy atom. The van der Waals surface area contributed by atoms with E-state index in [0.29, 0.717) is 37.7 Å². The number of hydrogen-bond acceptors (Lipinski definition) is 6. The fourth-order valence-electron chi connectivity index (χ4n) is 2.34. The molecule has 1 N–H and O–H groups in total. The van der Waals surface area contributed by atoms with Crippen molar-refractivity contribution >= 4 is 18.1 Å². The third kappa shape index (κ3) is 5.17. The number of carbonyl (C=O) groups is 2. The lowest BCUT2D eigenvalue weighted by Gasteiger charge is -2.32. The zero-order valence-corrected chi connectivity index (χ0v) is 13.7. The first-order valence-electron chi connectivity index (χ1n) is 7.81. The van der Waals surface area contributed by atoms with E-state index in [0.717, 1.165) is 25.9 Å². The molecule has 0 atom stereocenters. The monoisotopic (exact) mass is 320 g/mol. The van der Waals surface area contributed by atoms with E-state index in [1.54, 1.807) is 21.9 Å². The van der Waals surface area contributed by atoms with Crippen LogP contribution in [0.4, 0.5) is 5.82 Å². The fourth-order valence-corrected chi connectivity index (χ4v) is 2.34. The highest BCUT2D eigenvalue weighted by molar-refractivity contribution is 5.92. The van der Waals surface area contributed by atoms with E-state index in [2.05, 4.69) is 20.4 Å². The molecule has 0 unspecified atom stereocenters. The maximum Gasteiger partial charge on any atom is 0.274 e. The maximum absolute atomic E-state index is 12.3. The summed E-state index contributed by atoms with van der Waals surface area (Å²) >= 11 is 0. The average molecular weight is 320 g/mol. The first kappa shape index (κ1) is 17.1. The first-order chi connectivity index (χ1) is 11.1. The van der Waals surface area contributed by atoms with Gasteiger partial charge in [0, 0.05) is 32.7 Å². The lowest BCUT2D eigenvalue weighted by atomic mass is 10.2. The molecule has 0 radical (unpaired) electrons. The molecule has 0 aliphatic carbocycles. The number of nitrogens with one attached hydrogen (secondary N) is 1. The lowest BCUT2D eigenvalue weighted by molar-refractivity contribution is -0.119. The Hall–Kier alpha value is -2.22. The summed E-state index contributed by atoms with van der Waals surface area (Å²) in [5.74, 6) is 0.535. The minimum atomic E-state index is -0.137. The molecule has 1 aromatic heterocycles. The lowest BCUT2D eigenvalue weighted by Crippen LogP contribution is -2.48. The van der Waals surface area contributed by atoms with E-state index in [4.69, 9.17) is 0 Å². The highest BCUT2D eigenvalue weighted by Crippen LogP contribution is 2.08. The zero-order chi connectivity index (χ0) is 16.7. The van der Waals surface area contributed by atoms with Gasteiger partial charge in [0.15, 0.2) is 5.69 Å². The Balaban J connectivity index is 1.82. The average Bonchev–Trinajstić information content (AvgIpc) is 2.58. The summed E-state index contributed by atoms with van der Waals surface area (Å²) in [6.45, 7) is 4.01. The minimum Gasteiger partial charge on any atom is -0.369 e. The number of rotatable bonds is 7. The van der Waals surface area contributed by atoms with Crippen LogP contribution in [-0.4, -0.2) is 90.6 Å². The number of hydrogen-bond donors (Lipinski definition) is 1. The van der Waals surface area contributed by atoms with Crippen LogP contribution in [0.15, 0.2) is 12.1 Å². The van der Waals surface area contributed by atoms with E-state index in [1.807, 2.05) is 14.1 Å². The topological polar surface area (TPSA) is 81.7 Å². The van der Waals surface area contributed by atoms with Gasteiger partial charge in [-0.05, 0) is 39.2 Å². The van der Waals surface area contributed by atoms with E-state index in [-0.39, 0.29) is 5.91 Å². The number of carbonyl (C=O) groups excluding carboxylic acids is 2. The molecular formula is C15H24N6O2. The van der Waals surface area contributed by atoms with E-state index >= 15 is 0 Å². The van der Waals surface area contributed by atoms with Gasteiger partial charge < -0.3 is 20.0 Å². The molecular weight excluding hydrogens is 296 g/mol. The number of nitrogens with zero attached hydrogens (tertiary/aromatic N) is 5. The van der Waals surface area contributed by atoms with Gasteiger partial charge in [0.25, 0.3) is 5.91 Å². The van der Waals surface area contributed by atoms with Crippen LogP contribution in [0.2, 0.25) is 0 Å². The van der Waals surface area contributed by atoms with Crippen LogP contribution in [0.25, 0.3) is 0 Å². The molecule has 8 heteroatoms. The highest BCUT2D eigenvalue weighted by Gasteiger charge is 2.22. The molecule has 2 rings (SSSR count). The van der Waals surface area contributed by atoms with Gasteiger partial charge in [0.05, 0.1) is 0 Å². The van der Waals surface area contributed by atoms with Crippen LogP contribution < -0.4 is 5.32 Å². The predicted molar refractivity (Wildman–Crippen MR) is 87.2 cm³/mol. The second kappa shape index (κ2) is 8.42. The Bertz CT molecular complexity index is 511. The van der Waals surface area contributed by atoms with Gasteiger partial charge in [-0.2, -0.15) is 0 Å². The first-order valence-corrected chi connectivity index (χ1v) is 7.81. The Morgan fingerprint density at radius 2 is 2.00 bits per heavy atom. The quantitative estimate of drug-likeness (QED) is 0.551. The van der Waals surface area contributed by atoms with Gasteiger partial charge in [0.2, 0.25) is 6.41 Å². The Labute approximate surface area is 136 Å². The minimum absolute atomic E-state index is 0.137.